The van der Waals surface area contributed by atoms with E-state index in [9.17, 15) is 4.79 Å². The van der Waals surface area contributed by atoms with Gasteiger partial charge in [0.15, 0.2) is 0 Å². The summed E-state index contributed by atoms with van der Waals surface area (Å²) in [6, 6.07) is 0.149. The van der Waals surface area contributed by atoms with E-state index >= 15 is 0 Å². The Hall–Kier alpha value is -0.650. The molecule has 0 aromatic heterocycles. The highest BCUT2D eigenvalue weighted by Crippen LogP contribution is 2.10. The normalized spacial score (nSPS) is 33.4. The smallest absolute Gasteiger partial charge is 0.253 e. The molecule has 2 rings (SSSR count). The van der Waals surface area contributed by atoms with Crippen LogP contribution in [0.1, 0.15) is 6.42 Å². The number of hydrogen-bond donors (Lipinski definition) is 2. The van der Waals surface area contributed by atoms with Gasteiger partial charge in [-0.25, -0.2) is 0 Å². The highest BCUT2D eigenvalue weighted by molar-refractivity contribution is 5.81. The fourth-order valence-corrected chi connectivity index (χ4v) is 1.92. The molecule has 1 amide bonds. The zero-order chi connectivity index (χ0) is 9.97. The van der Waals surface area contributed by atoms with Gasteiger partial charge in [0, 0.05) is 32.2 Å². The zero-order valence-electron chi connectivity index (χ0n) is 8.24. The van der Waals surface area contributed by atoms with Crippen LogP contribution in [0.3, 0.4) is 0 Å². The Labute approximate surface area is 83.6 Å². The third-order valence-electron chi connectivity index (χ3n) is 2.74. The Balaban J connectivity index is 1.87. The standard InChI is InChI=1S/C9H17N3O2/c10-7-1-3-12(6-7)9(13)8-5-11-2-4-14-8/h7-8,11H,1-6,10H2/t7-,8+/m1/s1. The summed E-state index contributed by atoms with van der Waals surface area (Å²) in [4.78, 5) is 13.7. The number of nitrogens with two attached hydrogens (primary N) is 1. The van der Waals surface area contributed by atoms with Crippen molar-refractivity contribution in [3.8, 4) is 0 Å². The SMILES string of the molecule is N[C@@H]1CCN(C(=O)[C@@H]2CNCCO2)C1. The van der Waals surface area contributed by atoms with Gasteiger partial charge in [-0.3, -0.25) is 4.79 Å². The first-order valence-corrected chi connectivity index (χ1v) is 5.14. The minimum atomic E-state index is -0.297. The predicted octanol–water partition coefficient (Wildman–Crippen LogP) is -1.47. The predicted molar refractivity (Wildman–Crippen MR) is 51.8 cm³/mol. The van der Waals surface area contributed by atoms with Crippen LogP contribution in [0.25, 0.3) is 0 Å². The molecule has 2 fully saturated rings. The summed E-state index contributed by atoms with van der Waals surface area (Å²) in [7, 11) is 0. The molecule has 2 heterocycles. The van der Waals surface area contributed by atoms with Crippen LogP contribution in [0.2, 0.25) is 0 Å². The van der Waals surface area contributed by atoms with Gasteiger partial charge in [0.1, 0.15) is 6.10 Å². The number of carbonyl (C=O) groups is 1. The lowest BCUT2D eigenvalue weighted by molar-refractivity contribution is -0.144. The van der Waals surface area contributed by atoms with Crippen LogP contribution in [-0.2, 0) is 9.53 Å². The molecule has 0 radical (unpaired) electrons. The van der Waals surface area contributed by atoms with Crippen molar-refractivity contribution in [3.05, 3.63) is 0 Å². The van der Waals surface area contributed by atoms with Gasteiger partial charge in [0.25, 0.3) is 5.91 Å². The number of morpholine rings is 1. The van der Waals surface area contributed by atoms with Crippen molar-refractivity contribution in [2.75, 3.05) is 32.8 Å². The molecule has 0 aromatic rings. The van der Waals surface area contributed by atoms with Crippen LogP contribution in [0, 0.1) is 0 Å². The number of amides is 1. The molecule has 14 heavy (non-hydrogen) atoms. The lowest BCUT2D eigenvalue weighted by Gasteiger charge is -2.26. The van der Waals surface area contributed by atoms with Gasteiger partial charge in [-0.05, 0) is 6.42 Å². The van der Waals surface area contributed by atoms with Crippen molar-refractivity contribution in [1.82, 2.24) is 10.2 Å². The minimum absolute atomic E-state index is 0.0881. The van der Waals surface area contributed by atoms with Crippen LogP contribution in [0.15, 0.2) is 0 Å². The maximum Gasteiger partial charge on any atom is 0.253 e. The first kappa shape index (κ1) is 9.89. The Morgan fingerprint density at radius 1 is 1.57 bits per heavy atom. The Morgan fingerprint density at radius 2 is 2.43 bits per heavy atom. The molecule has 3 N–H and O–H groups in total. The second-order valence-corrected chi connectivity index (χ2v) is 3.90. The van der Waals surface area contributed by atoms with Crippen molar-refractivity contribution in [2.45, 2.75) is 18.6 Å². The molecule has 2 aliphatic heterocycles. The molecular formula is C9H17N3O2. The second-order valence-electron chi connectivity index (χ2n) is 3.90. The number of carbonyl (C=O) groups excluding carboxylic acids is 1. The van der Waals surface area contributed by atoms with E-state index in [0.717, 1.165) is 19.5 Å². The Bertz CT molecular complexity index is 209. The molecule has 5 nitrogen and oxygen atoms in total. The first-order chi connectivity index (χ1) is 6.77. The molecule has 0 saturated carbocycles. The summed E-state index contributed by atoms with van der Waals surface area (Å²) in [6.07, 6.45) is 0.611. The average Bonchev–Trinajstić information content (AvgIpc) is 2.65. The van der Waals surface area contributed by atoms with Crippen molar-refractivity contribution < 1.29 is 9.53 Å². The summed E-state index contributed by atoms with van der Waals surface area (Å²) >= 11 is 0. The number of nitrogens with one attached hydrogen (secondary N) is 1. The van der Waals surface area contributed by atoms with Gasteiger partial charge in [0.05, 0.1) is 6.61 Å². The largest absolute Gasteiger partial charge is 0.366 e. The van der Waals surface area contributed by atoms with Crippen LogP contribution >= 0.6 is 0 Å². The topological polar surface area (TPSA) is 67.6 Å². The maximum atomic E-state index is 11.9. The molecule has 5 heteroatoms. The van der Waals surface area contributed by atoms with Gasteiger partial charge >= 0.3 is 0 Å². The van der Waals surface area contributed by atoms with E-state index in [1.54, 1.807) is 0 Å². The fraction of sp³-hybridized carbons (Fsp3) is 0.889. The van der Waals surface area contributed by atoms with Crippen LogP contribution in [0.4, 0.5) is 0 Å². The van der Waals surface area contributed by atoms with Crippen molar-refractivity contribution in [2.24, 2.45) is 5.73 Å². The number of rotatable bonds is 1. The van der Waals surface area contributed by atoms with Crippen LogP contribution in [-0.4, -0.2) is 55.7 Å². The second kappa shape index (κ2) is 4.25. The van der Waals surface area contributed by atoms with E-state index in [1.807, 2.05) is 4.90 Å². The molecule has 0 aliphatic carbocycles. The van der Waals surface area contributed by atoms with Crippen molar-refractivity contribution in [3.63, 3.8) is 0 Å². The lowest BCUT2D eigenvalue weighted by atomic mass is 10.2. The van der Waals surface area contributed by atoms with Gasteiger partial charge in [0.2, 0.25) is 0 Å². The number of hydrogen-bond acceptors (Lipinski definition) is 4. The fourth-order valence-electron chi connectivity index (χ4n) is 1.92. The first-order valence-electron chi connectivity index (χ1n) is 5.14. The van der Waals surface area contributed by atoms with Gasteiger partial charge in [-0.15, -0.1) is 0 Å². The lowest BCUT2D eigenvalue weighted by Crippen LogP contribution is -2.49. The van der Waals surface area contributed by atoms with E-state index in [2.05, 4.69) is 5.32 Å². The molecule has 0 bridgehead atoms. The summed E-state index contributed by atoms with van der Waals surface area (Å²) in [5.41, 5.74) is 5.74. The minimum Gasteiger partial charge on any atom is -0.366 e. The quantitative estimate of drug-likeness (QED) is 0.541. The molecule has 0 unspecified atom stereocenters. The monoisotopic (exact) mass is 199 g/mol. The number of nitrogens with zero attached hydrogens (tertiary/aromatic N) is 1. The average molecular weight is 199 g/mol. The van der Waals surface area contributed by atoms with Gasteiger partial charge in [-0.2, -0.15) is 0 Å². The number of ether oxygens (including phenoxy) is 1. The number of likely N-dealkylation sites (tertiary alicyclic amines) is 1. The van der Waals surface area contributed by atoms with E-state index in [4.69, 9.17) is 10.5 Å². The van der Waals surface area contributed by atoms with E-state index in [1.165, 1.54) is 0 Å². The summed E-state index contributed by atoms with van der Waals surface area (Å²) in [5, 5.41) is 3.15. The molecule has 2 atom stereocenters. The zero-order valence-corrected chi connectivity index (χ0v) is 8.24. The molecule has 0 spiro atoms. The molecule has 0 aromatic carbocycles. The Kier molecular flexibility index (Phi) is 3.00. The summed E-state index contributed by atoms with van der Waals surface area (Å²) in [5.74, 6) is 0.0881. The van der Waals surface area contributed by atoms with Crippen LogP contribution in [0.5, 0.6) is 0 Å². The molecule has 2 aliphatic rings. The summed E-state index contributed by atoms with van der Waals surface area (Å²) in [6.45, 7) is 3.54. The van der Waals surface area contributed by atoms with Crippen molar-refractivity contribution in [1.29, 1.82) is 0 Å². The van der Waals surface area contributed by atoms with Crippen molar-refractivity contribution >= 4 is 5.91 Å². The third-order valence-corrected chi connectivity index (χ3v) is 2.74. The summed E-state index contributed by atoms with van der Waals surface area (Å²) < 4.78 is 5.39. The third kappa shape index (κ3) is 2.05. The molecule has 2 saturated heterocycles. The highest BCUT2D eigenvalue weighted by Gasteiger charge is 2.30. The van der Waals surface area contributed by atoms with E-state index in [-0.39, 0.29) is 18.1 Å². The Morgan fingerprint density at radius 3 is 3.00 bits per heavy atom. The van der Waals surface area contributed by atoms with Gasteiger partial charge in [-0.1, -0.05) is 0 Å². The van der Waals surface area contributed by atoms with E-state index in [0.29, 0.717) is 19.7 Å². The molecular weight excluding hydrogens is 182 g/mol. The molecule has 80 valence electrons. The van der Waals surface area contributed by atoms with Gasteiger partial charge < -0.3 is 20.7 Å². The highest BCUT2D eigenvalue weighted by atomic mass is 16.5. The van der Waals surface area contributed by atoms with Crippen LogP contribution < -0.4 is 11.1 Å². The maximum absolute atomic E-state index is 11.9. The van der Waals surface area contributed by atoms with E-state index < -0.39 is 0 Å².